The highest BCUT2D eigenvalue weighted by Crippen LogP contribution is 2.21. The highest BCUT2D eigenvalue weighted by atomic mass is 19.1. The van der Waals surface area contributed by atoms with E-state index in [4.69, 9.17) is 5.73 Å². The molecule has 5 nitrogen and oxygen atoms in total. The van der Waals surface area contributed by atoms with E-state index in [2.05, 4.69) is 4.74 Å². The van der Waals surface area contributed by atoms with Crippen molar-refractivity contribution >= 4 is 11.7 Å². The number of nitrogen functional groups attached to an aromatic ring is 1. The zero-order valence-corrected chi connectivity index (χ0v) is 9.26. The molecule has 17 heavy (non-hydrogen) atoms. The zero-order valence-electron chi connectivity index (χ0n) is 9.26. The molecule has 94 valence electrons. The van der Waals surface area contributed by atoms with E-state index >= 15 is 0 Å². The molecule has 0 saturated heterocycles. The number of carbonyl (C=O) groups excluding carboxylic acids is 1. The van der Waals surface area contributed by atoms with Crippen molar-refractivity contribution in [3.8, 4) is 0 Å². The van der Waals surface area contributed by atoms with Crippen molar-refractivity contribution in [2.45, 2.75) is 19.1 Å². The van der Waals surface area contributed by atoms with Crippen molar-refractivity contribution in [1.29, 1.82) is 0 Å². The maximum absolute atomic E-state index is 12.9. The minimum atomic E-state index is -1.72. The van der Waals surface area contributed by atoms with Crippen LogP contribution < -0.4 is 5.73 Å². The first-order valence-corrected chi connectivity index (χ1v) is 5.05. The van der Waals surface area contributed by atoms with Gasteiger partial charge in [-0.3, -0.25) is 0 Å². The predicted molar refractivity (Wildman–Crippen MR) is 58.4 cm³/mol. The molecule has 2 atom stereocenters. The topological polar surface area (TPSA) is 92.8 Å². The molecule has 0 aliphatic rings. The molecular formula is C11H14FNO4. The Bertz CT molecular complexity index is 410. The predicted octanol–water partition coefficient (Wildman–Crippen LogP) is 0.365. The second-order valence-corrected chi connectivity index (χ2v) is 3.42. The number of carbonyl (C=O) groups is 1. The van der Waals surface area contributed by atoms with Crippen LogP contribution in [-0.2, 0) is 9.53 Å². The van der Waals surface area contributed by atoms with Crippen LogP contribution in [0.15, 0.2) is 18.2 Å². The van der Waals surface area contributed by atoms with Gasteiger partial charge >= 0.3 is 5.97 Å². The molecule has 1 aromatic rings. The van der Waals surface area contributed by atoms with Crippen molar-refractivity contribution in [2.75, 3.05) is 12.3 Å². The number of rotatable bonds is 4. The van der Waals surface area contributed by atoms with E-state index in [9.17, 15) is 19.4 Å². The van der Waals surface area contributed by atoms with Gasteiger partial charge in [-0.15, -0.1) is 0 Å². The molecule has 0 radical (unpaired) electrons. The number of anilines is 1. The van der Waals surface area contributed by atoms with Crippen molar-refractivity contribution in [2.24, 2.45) is 0 Å². The van der Waals surface area contributed by atoms with Gasteiger partial charge in [-0.25, -0.2) is 9.18 Å². The van der Waals surface area contributed by atoms with Gasteiger partial charge < -0.3 is 20.7 Å². The summed E-state index contributed by atoms with van der Waals surface area (Å²) in [4.78, 5) is 11.2. The zero-order chi connectivity index (χ0) is 13.0. The Kier molecular flexibility index (Phi) is 4.42. The molecule has 6 heteroatoms. The lowest BCUT2D eigenvalue weighted by molar-refractivity contribution is -0.159. The number of halogens is 1. The number of hydrogen-bond donors (Lipinski definition) is 3. The lowest BCUT2D eigenvalue weighted by Crippen LogP contribution is -2.29. The number of nitrogens with two attached hydrogens (primary N) is 1. The first kappa shape index (κ1) is 13.4. The third-order valence-corrected chi connectivity index (χ3v) is 2.19. The Morgan fingerprint density at radius 1 is 1.53 bits per heavy atom. The Balaban J connectivity index is 2.84. The summed E-state index contributed by atoms with van der Waals surface area (Å²) in [5.41, 5.74) is 5.28. The van der Waals surface area contributed by atoms with Gasteiger partial charge in [-0.05, 0) is 24.6 Å². The van der Waals surface area contributed by atoms with Crippen molar-refractivity contribution in [1.82, 2.24) is 0 Å². The van der Waals surface area contributed by atoms with Crippen LogP contribution in [0.1, 0.15) is 18.6 Å². The fourth-order valence-electron chi connectivity index (χ4n) is 1.29. The molecule has 0 aliphatic heterocycles. The minimum absolute atomic E-state index is 0.0914. The lowest BCUT2D eigenvalue weighted by Gasteiger charge is -2.17. The maximum Gasteiger partial charge on any atom is 0.338 e. The standard InChI is InChI=1S/C11H14FNO4/c1-2-17-11(16)10(15)9(14)6-3-4-7(12)8(13)5-6/h3-5,9-10,14-15H,2,13H2,1H3. The molecule has 0 amide bonds. The highest BCUT2D eigenvalue weighted by molar-refractivity contribution is 5.75. The van der Waals surface area contributed by atoms with Gasteiger partial charge in [-0.1, -0.05) is 6.07 Å². The number of aliphatic hydroxyl groups excluding tert-OH is 2. The van der Waals surface area contributed by atoms with E-state index in [1.807, 2.05) is 0 Å². The summed E-state index contributed by atoms with van der Waals surface area (Å²) in [7, 11) is 0. The summed E-state index contributed by atoms with van der Waals surface area (Å²) < 4.78 is 17.4. The van der Waals surface area contributed by atoms with Crippen molar-refractivity contribution in [3.05, 3.63) is 29.6 Å². The smallest absolute Gasteiger partial charge is 0.338 e. The van der Waals surface area contributed by atoms with E-state index < -0.39 is 24.0 Å². The highest BCUT2D eigenvalue weighted by Gasteiger charge is 2.27. The second-order valence-electron chi connectivity index (χ2n) is 3.42. The SMILES string of the molecule is CCOC(=O)C(O)C(O)c1ccc(F)c(N)c1. The maximum atomic E-state index is 12.9. The summed E-state index contributed by atoms with van der Waals surface area (Å²) >= 11 is 0. The molecule has 0 aromatic heterocycles. The van der Waals surface area contributed by atoms with E-state index in [0.29, 0.717) is 0 Å². The molecule has 2 unspecified atom stereocenters. The minimum Gasteiger partial charge on any atom is -0.464 e. The third kappa shape index (κ3) is 3.15. The van der Waals surface area contributed by atoms with Crippen LogP contribution in [0.5, 0.6) is 0 Å². The summed E-state index contributed by atoms with van der Waals surface area (Å²) in [6, 6.07) is 3.44. The molecule has 1 aromatic carbocycles. The summed E-state index contributed by atoms with van der Waals surface area (Å²) in [6.07, 6.45) is -3.23. The molecule has 0 heterocycles. The van der Waals surface area contributed by atoms with Gasteiger partial charge in [-0.2, -0.15) is 0 Å². The lowest BCUT2D eigenvalue weighted by atomic mass is 10.0. The van der Waals surface area contributed by atoms with Gasteiger partial charge in [0.25, 0.3) is 0 Å². The Morgan fingerprint density at radius 2 is 2.18 bits per heavy atom. The van der Waals surface area contributed by atoms with Gasteiger partial charge in [0.2, 0.25) is 0 Å². The molecule has 1 rings (SSSR count). The first-order valence-electron chi connectivity index (χ1n) is 5.05. The Labute approximate surface area is 97.6 Å². The number of hydrogen-bond acceptors (Lipinski definition) is 5. The molecule has 0 fully saturated rings. The summed E-state index contributed by atoms with van der Waals surface area (Å²) in [6.45, 7) is 1.67. The van der Waals surface area contributed by atoms with E-state index in [0.717, 1.165) is 12.1 Å². The number of benzene rings is 1. The second kappa shape index (κ2) is 5.60. The van der Waals surface area contributed by atoms with Crippen LogP contribution >= 0.6 is 0 Å². The normalized spacial score (nSPS) is 14.1. The van der Waals surface area contributed by atoms with Crippen molar-refractivity contribution in [3.63, 3.8) is 0 Å². The number of ether oxygens (including phenoxy) is 1. The molecule has 0 bridgehead atoms. The number of esters is 1. The van der Waals surface area contributed by atoms with E-state index in [-0.39, 0.29) is 17.9 Å². The molecule has 4 N–H and O–H groups in total. The van der Waals surface area contributed by atoms with Crippen LogP contribution in [0.25, 0.3) is 0 Å². The van der Waals surface area contributed by atoms with Gasteiger partial charge in [0.05, 0.1) is 12.3 Å². The number of aliphatic hydroxyl groups is 2. The van der Waals surface area contributed by atoms with Crippen LogP contribution in [0.2, 0.25) is 0 Å². The fraction of sp³-hybridized carbons (Fsp3) is 0.364. The monoisotopic (exact) mass is 243 g/mol. The molecular weight excluding hydrogens is 229 g/mol. The fourth-order valence-corrected chi connectivity index (χ4v) is 1.29. The summed E-state index contributed by atoms with van der Waals surface area (Å²) in [5.74, 6) is -1.57. The largest absolute Gasteiger partial charge is 0.464 e. The van der Waals surface area contributed by atoms with E-state index in [1.165, 1.54) is 6.07 Å². The van der Waals surface area contributed by atoms with Crippen LogP contribution in [0.3, 0.4) is 0 Å². The Morgan fingerprint density at radius 3 is 2.71 bits per heavy atom. The third-order valence-electron chi connectivity index (χ3n) is 2.19. The first-order chi connectivity index (χ1) is 7.97. The van der Waals surface area contributed by atoms with E-state index in [1.54, 1.807) is 6.92 Å². The van der Waals surface area contributed by atoms with Gasteiger partial charge in [0, 0.05) is 0 Å². The Hall–Kier alpha value is -1.66. The van der Waals surface area contributed by atoms with Crippen LogP contribution in [0, 0.1) is 5.82 Å². The molecule has 0 spiro atoms. The average molecular weight is 243 g/mol. The van der Waals surface area contributed by atoms with Gasteiger partial charge in [0.1, 0.15) is 11.9 Å². The summed E-state index contributed by atoms with van der Waals surface area (Å²) in [5, 5.41) is 19.1. The molecule has 0 saturated carbocycles. The molecule has 0 aliphatic carbocycles. The van der Waals surface area contributed by atoms with Gasteiger partial charge in [0.15, 0.2) is 6.10 Å². The van der Waals surface area contributed by atoms with Crippen molar-refractivity contribution < 1.29 is 24.1 Å². The quantitative estimate of drug-likeness (QED) is 0.524. The average Bonchev–Trinajstić information content (AvgIpc) is 2.31. The van der Waals surface area contributed by atoms with Crippen LogP contribution in [0.4, 0.5) is 10.1 Å². The van der Waals surface area contributed by atoms with Crippen LogP contribution in [-0.4, -0.2) is 28.9 Å².